The molecule has 0 aliphatic heterocycles. The molecule has 0 saturated carbocycles. The van der Waals surface area contributed by atoms with E-state index in [0.29, 0.717) is 11.9 Å². The third-order valence-corrected chi connectivity index (χ3v) is 1.90. The number of nitrogens with zero attached hydrogens (tertiary/aromatic N) is 1. The Hall–Kier alpha value is -1.09. The lowest BCUT2D eigenvalue weighted by Crippen LogP contribution is -2.12. The molecule has 1 heterocycles. The van der Waals surface area contributed by atoms with Crippen LogP contribution in [0.3, 0.4) is 0 Å². The number of hydrogen-bond acceptors (Lipinski definition) is 3. The quantitative estimate of drug-likeness (QED) is 0.736. The molecule has 0 aromatic carbocycles. The molecule has 1 N–H and O–H groups in total. The van der Waals surface area contributed by atoms with Crippen LogP contribution in [0.5, 0.6) is 5.88 Å². The van der Waals surface area contributed by atoms with Crippen molar-refractivity contribution in [3.63, 3.8) is 0 Å². The van der Waals surface area contributed by atoms with Crippen molar-refractivity contribution in [2.24, 2.45) is 0 Å². The minimum Gasteiger partial charge on any atom is -0.481 e. The van der Waals surface area contributed by atoms with Crippen LogP contribution in [-0.2, 0) is 0 Å². The molecule has 12 heavy (non-hydrogen) atoms. The van der Waals surface area contributed by atoms with Gasteiger partial charge in [0.05, 0.1) is 7.11 Å². The Balaban J connectivity index is 2.77. The molecule has 1 aromatic rings. The molecule has 66 valence electrons. The van der Waals surface area contributed by atoms with Crippen molar-refractivity contribution in [2.75, 3.05) is 14.2 Å². The van der Waals surface area contributed by atoms with Crippen LogP contribution < -0.4 is 10.1 Å². The Bertz CT molecular complexity index is 233. The fourth-order valence-electron chi connectivity index (χ4n) is 0.935. The van der Waals surface area contributed by atoms with Crippen LogP contribution in [0.2, 0.25) is 0 Å². The summed E-state index contributed by atoms with van der Waals surface area (Å²) in [5.74, 6) is 0.655. The van der Waals surface area contributed by atoms with Gasteiger partial charge in [-0.25, -0.2) is 4.98 Å². The smallest absolute Gasteiger partial charge is 0.212 e. The Morgan fingerprint density at radius 3 is 2.67 bits per heavy atom. The summed E-state index contributed by atoms with van der Waals surface area (Å²) in [5, 5.41) is 3.14. The van der Waals surface area contributed by atoms with E-state index in [2.05, 4.69) is 17.2 Å². The Morgan fingerprint density at radius 1 is 1.50 bits per heavy atom. The van der Waals surface area contributed by atoms with Gasteiger partial charge < -0.3 is 10.1 Å². The minimum atomic E-state index is 0.336. The van der Waals surface area contributed by atoms with Gasteiger partial charge in [0.15, 0.2) is 0 Å². The van der Waals surface area contributed by atoms with Gasteiger partial charge in [0.25, 0.3) is 0 Å². The van der Waals surface area contributed by atoms with Crippen molar-refractivity contribution in [1.29, 1.82) is 0 Å². The first-order valence-corrected chi connectivity index (χ1v) is 3.95. The average Bonchev–Trinajstić information content (AvgIpc) is 2.17. The number of rotatable bonds is 3. The number of methoxy groups -OCH3 is 1. The lowest BCUT2D eigenvalue weighted by atomic mass is 10.1. The van der Waals surface area contributed by atoms with E-state index in [1.54, 1.807) is 7.11 Å². The number of ether oxygens (including phenoxy) is 1. The van der Waals surface area contributed by atoms with Crippen LogP contribution in [0.25, 0.3) is 0 Å². The van der Waals surface area contributed by atoms with Crippen molar-refractivity contribution < 1.29 is 4.74 Å². The predicted octanol–water partition coefficient (Wildman–Crippen LogP) is 1.37. The normalized spacial score (nSPS) is 12.6. The number of pyridine rings is 1. The summed E-state index contributed by atoms with van der Waals surface area (Å²) in [5.41, 5.74) is 1.17. The monoisotopic (exact) mass is 166 g/mol. The van der Waals surface area contributed by atoms with Gasteiger partial charge >= 0.3 is 0 Å². The third-order valence-electron chi connectivity index (χ3n) is 1.90. The Labute approximate surface area is 72.8 Å². The summed E-state index contributed by atoms with van der Waals surface area (Å²) in [4.78, 5) is 4.10. The van der Waals surface area contributed by atoms with Crippen LogP contribution in [0.1, 0.15) is 18.5 Å². The lowest BCUT2D eigenvalue weighted by molar-refractivity contribution is 0.397. The van der Waals surface area contributed by atoms with Crippen molar-refractivity contribution >= 4 is 0 Å². The Morgan fingerprint density at radius 2 is 2.25 bits per heavy atom. The minimum absolute atomic E-state index is 0.336. The zero-order valence-corrected chi connectivity index (χ0v) is 7.66. The summed E-state index contributed by atoms with van der Waals surface area (Å²) >= 11 is 0. The first-order valence-electron chi connectivity index (χ1n) is 3.95. The van der Waals surface area contributed by atoms with E-state index in [1.807, 2.05) is 25.4 Å². The van der Waals surface area contributed by atoms with Gasteiger partial charge in [-0.2, -0.15) is 0 Å². The van der Waals surface area contributed by atoms with Gasteiger partial charge in [0, 0.05) is 18.3 Å². The molecule has 1 rings (SSSR count). The molecule has 0 amide bonds. The van der Waals surface area contributed by atoms with Crippen LogP contribution in [0.4, 0.5) is 0 Å². The molecule has 0 bridgehead atoms. The summed E-state index contributed by atoms with van der Waals surface area (Å²) in [6, 6.07) is 4.21. The van der Waals surface area contributed by atoms with Crippen molar-refractivity contribution in [2.45, 2.75) is 13.0 Å². The van der Waals surface area contributed by atoms with Crippen LogP contribution in [0, 0.1) is 0 Å². The van der Waals surface area contributed by atoms with Crippen molar-refractivity contribution in [3.8, 4) is 5.88 Å². The van der Waals surface area contributed by atoms with Crippen molar-refractivity contribution in [3.05, 3.63) is 23.9 Å². The number of nitrogens with one attached hydrogen (secondary N) is 1. The predicted molar refractivity (Wildman–Crippen MR) is 48.3 cm³/mol. The maximum Gasteiger partial charge on any atom is 0.212 e. The fraction of sp³-hybridized carbons (Fsp3) is 0.444. The van der Waals surface area contributed by atoms with E-state index in [4.69, 9.17) is 4.74 Å². The second-order valence-electron chi connectivity index (χ2n) is 2.64. The maximum absolute atomic E-state index is 4.95. The summed E-state index contributed by atoms with van der Waals surface area (Å²) in [7, 11) is 3.54. The third kappa shape index (κ3) is 1.95. The molecule has 0 saturated heterocycles. The molecule has 0 spiro atoms. The molecule has 0 radical (unpaired) electrons. The zero-order valence-electron chi connectivity index (χ0n) is 7.66. The number of aromatic nitrogens is 1. The fourth-order valence-corrected chi connectivity index (χ4v) is 0.935. The van der Waals surface area contributed by atoms with Crippen LogP contribution >= 0.6 is 0 Å². The summed E-state index contributed by atoms with van der Waals surface area (Å²) in [6.07, 6.45) is 1.82. The van der Waals surface area contributed by atoms with Gasteiger partial charge in [-0.05, 0) is 19.5 Å². The molecular formula is C9H14N2O. The van der Waals surface area contributed by atoms with E-state index < -0.39 is 0 Å². The first kappa shape index (κ1) is 9.00. The Kier molecular flexibility index (Phi) is 3.05. The van der Waals surface area contributed by atoms with Gasteiger partial charge in [0.2, 0.25) is 5.88 Å². The largest absolute Gasteiger partial charge is 0.481 e. The zero-order chi connectivity index (χ0) is 8.97. The van der Waals surface area contributed by atoms with Crippen LogP contribution in [0.15, 0.2) is 18.3 Å². The molecule has 3 nitrogen and oxygen atoms in total. The molecule has 3 heteroatoms. The van der Waals surface area contributed by atoms with E-state index in [9.17, 15) is 0 Å². The summed E-state index contributed by atoms with van der Waals surface area (Å²) in [6.45, 7) is 2.09. The van der Waals surface area contributed by atoms with Crippen molar-refractivity contribution in [1.82, 2.24) is 10.3 Å². The van der Waals surface area contributed by atoms with Crippen LogP contribution in [-0.4, -0.2) is 19.1 Å². The lowest BCUT2D eigenvalue weighted by Gasteiger charge is -2.09. The molecule has 0 aliphatic carbocycles. The second-order valence-corrected chi connectivity index (χ2v) is 2.64. The average molecular weight is 166 g/mol. The van der Waals surface area contributed by atoms with Gasteiger partial charge in [0.1, 0.15) is 0 Å². The van der Waals surface area contributed by atoms with Gasteiger partial charge in [-0.1, -0.05) is 6.07 Å². The molecule has 1 aromatic heterocycles. The second kappa shape index (κ2) is 4.07. The van der Waals surface area contributed by atoms with E-state index in [1.165, 1.54) is 5.56 Å². The standard InChI is InChI=1S/C9H14N2O/c1-7(10-2)8-4-5-9(12-3)11-6-8/h4-7,10H,1-3H3/t7-/m0/s1. The molecular weight excluding hydrogens is 152 g/mol. The molecule has 0 aliphatic rings. The highest BCUT2D eigenvalue weighted by atomic mass is 16.5. The highest BCUT2D eigenvalue weighted by molar-refractivity contribution is 5.20. The highest BCUT2D eigenvalue weighted by Gasteiger charge is 2.01. The topological polar surface area (TPSA) is 34.1 Å². The molecule has 1 atom stereocenters. The number of hydrogen-bond donors (Lipinski definition) is 1. The maximum atomic E-state index is 4.95. The first-order chi connectivity index (χ1) is 5.77. The van der Waals surface area contributed by atoms with Gasteiger partial charge in [-0.15, -0.1) is 0 Å². The van der Waals surface area contributed by atoms with Gasteiger partial charge in [-0.3, -0.25) is 0 Å². The highest BCUT2D eigenvalue weighted by Crippen LogP contribution is 2.13. The van der Waals surface area contributed by atoms with E-state index in [0.717, 1.165) is 0 Å². The SMILES string of the molecule is CN[C@@H](C)c1ccc(OC)nc1. The molecule has 0 unspecified atom stereocenters. The summed E-state index contributed by atoms with van der Waals surface area (Å²) < 4.78 is 4.95. The molecule has 0 fully saturated rings. The van der Waals surface area contributed by atoms with E-state index in [-0.39, 0.29) is 0 Å². The van der Waals surface area contributed by atoms with E-state index >= 15 is 0 Å².